The van der Waals surface area contributed by atoms with Crippen molar-refractivity contribution in [3.63, 3.8) is 0 Å². The average Bonchev–Trinajstić information content (AvgIpc) is 3.89. The number of ether oxygens (including phenoxy) is 1. The van der Waals surface area contributed by atoms with Crippen molar-refractivity contribution in [2.75, 3.05) is 4.90 Å². The number of para-hydroxylation sites is 4. The van der Waals surface area contributed by atoms with Crippen LogP contribution in [-0.2, 0) is 0 Å². The normalized spacial score (nSPS) is 12.2. The summed E-state index contributed by atoms with van der Waals surface area (Å²) >= 11 is 0. The van der Waals surface area contributed by atoms with E-state index in [4.69, 9.17) is 34.6 Å². The molecule has 300 valence electrons. The molecule has 0 spiro atoms. The van der Waals surface area contributed by atoms with E-state index >= 15 is 0 Å². The minimum atomic E-state index is 0.621. The van der Waals surface area contributed by atoms with Gasteiger partial charge in [-0.2, -0.15) is 0 Å². The molecular formula is C54H33N9O. The van der Waals surface area contributed by atoms with E-state index in [0.29, 0.717) is 5.82 Å². The fourth-order valence-electron chi connectivity index (χ4n) is 9.15. The Balaban J connectivity index is 1.24. The van der Waals surface area contributed by atoms with Crippen molar-refractivity contribution in [2.45, 2.75) is 0 Å². The Morgan fingerprint density at radius 3 is 1.22 bits per heavy atom. The van der Waals surface area contributed by atoms with Crippen LogP contribution in [0.3, 0.4) is 0 Å². The molecule has 0 amide bonds. The maximum Gasteiger partial charge on any atom is 0.160 e. The van der Waals surface area contributed by atoms with Gasteiger partial charge in [-0.1, -0.05) is 84.9 Å². The number of anilines is 3. The molecule has 0 aliphatic carbocycles. The van der Waals surface area contributed by atoms with Gasteiger partial charge >= 0.3 is 0 Å². The van der Waals surface area contributed by atoms with Gasteiger partial charge in [0.15, 0.2) is 17.3 Å². The molecule has 64 heavy (non-hydrogen) atoms. The van der Waals surface area contributed by atoms with Crippen LogP contribution in [0.2, 0.25) is 0 Å². The van der Waals surface area contributed by atoms with Gasteiger partial charge < -0.3 is 13.9 Å². The van der Waals surface area contributed by atoms with Crippen molar-refractivity contribution >= 4 is 61.2 Å². The first kappa shape index (κ1) is 35.7. The van der Waals surface area contributed by atoms with E-state index in [-0.39, 0.29) is 0 Å². The Hall–Kier alpha value is -9.02. The lowest BCUT2D eigenvalue weighted by molar-refractivity contribution is 0.477. The summed E-state index contributed by atoms with van der Waals surface area (Å²) in [5, 5.41) is 0. The van der Waals surface area contributed by atoms with Crippen LogP contribution in [-0.4, -0.2) is 39.0 Å². The molecule has 8 heterocycles. The van der Waals surface area contributed by atoms with Gasteiger partial charge in [0.2, 0.25) is 0 Å². The molecule has 0 saturated heterocycles. The van der Waals surface area contributed by atoms with Gasteiger partial charge in [-0.05, 0) is 91.0 Å². The molecule has 5 aromatic carbocycles. The third kappa shape index (κ3) is 5.52. The van der Waals surface area contributed by atoms with E-state index in [1.165, 1.54) is 0 Å². The number of rotatable bonds is 6. The summed E-state index contributed by atoms with van der Waals surface area (Å²) in [4.78, 5) is 32.6. The molecule has 0 atom stereocenters. The number of aromatic nitrogens is 8. The van der Waals surface area contributed by atoms with Gasteiger partial charge in [0, 0.05) is 41.5 Å². The van der Waals surface area contributed by atoms with Crippen LogP contribution in [0.4, 0.5) is 17.1 Å². The summed E-state index contributed by atoms with van der Waals surface area (Å²) in [7, 11) is 0. The van der Waals surface area contributed by atoms with E-state index in [9.17, 15) is 0 Å². The van der Waals surface area contributed by atoms with Crippen LogP contribution < -0.4 is 9.64 Å². The molecule has 1 aliphatic rings. The number of hydrogen-bond donors (Lipinski definition) is 0. The zero-order chi connectivity index (χ0) is 42.1. The smallest absolute Gasteiger partial charge is 0.160 e. The lowest BCUT2D eigenvalue weighted by Crippen LogP contribution is -2.20. The number of fused-ring (bicyclic) bond motifs is 8. The maximum absolute atomic E-state index is 6.66. The predicted molar refractivity (Wildman–Crippen MR) is 253 cm³/mol. The van der Waals surface area contributed by atoms with Crippen LogP contribution in [0.1, 0.15) is 0 Å². The Labute approximate surface area is 366 Å². The second-order valence-electron chi connectivity index (χ2n) is 15.6. The van der Waals surface area contributed by atoms with Gasteiger partial charge in [0.05, 0.1) is 61.9 Å². The molecule has 7 aromatic heterocycles. The molecular weight excluding hydrogens is 791 g/mol. The molecule has 0 bridgehead atoms. The summed E-state index contributed by atoms with van der Waals surface area (Å²) in [6, 6.07) is 59.8. The molecule has 10 heteroatoms. The summed E-state index contributed by atoms with van der Waals surface area (Å²) in [6.07, 6.45) is 7.31. The third-order valence-corrected chi connectivity index (χ3v) is 11.9. The van der Waals surface area contributed by atoms with E-state index in [0.717, 1.165) is 112 Å². The first-order chi connectivity index (χ1) is 31.8. The van der Waals surface area contributed by atoms with E-state index in [1.807, 2.05) is 110 Å². The van der Waals surface area contributed by atoms with Crippen LogP contribution in [0, 0.1) is 0 Å². The largest absolute Gasteiger partial charge is 0.453 e. The monoisotopic (exact) mass is 823 g/mol. The van der Waals surface area contributed by atoms with Gasteiger partial charge in [-0.3, -0.25) is 24.8 Å². The Morgan fingerprint density at radius 2 is 0.750 bits per heavy atom. The summed E-state index contributed by atoms with van der Waals surface area (Å²) in [6.45, 7) is 0. The number of hydrogen-bond acceptors (Lipinski definition) is 8. The molecule has 0 radical (unpaired) electrons. The van der Waals surface area contributed by atoms with Crippen LogP contribution in [0.15, 0.2) is 201 Å². The second-order valence-corrected chi connectivity index (χ2v) is 15.6. The lowest BCUT2D eigenvalue weighted by atomic mass is 10.0. The Kier molecular flexibility index (Phi) is 7.97. The van der Waals surface area contributed by atoms with Gasteiger partial charge in [-0.25, -0.2) is 9.97 Å². The second kappa shape index (κ2) is 14.3. The average molecular weight is 824 g/mol. The SMILES string of the molecule is c1ccc(-c2cc(-c3cc(-n4c5cccnc5c5ncccc54)c(N4c5ccccc5Oc5ccccc54)c(-n4c5cccnc5c5ncccc54)c3)nc(-c3ccccc3)n2)cc1. The van der Waals surface area contributed by atoms with E-state index < -0.39 is 0 Å². The third-order valence-electron chi connectivity index (χ3n) is 11.9. The van der Waals surface area contributed by atoms with Crippen LogP contribution in [0.5, 0.6) is 11.5 Å². The zero-order valence-corrected chi connectivity index (χ0v) is 34.0. The van der Waals surface area contributed by atoms with Gasteiger partial charge in [-0.15, -0.1) is 0 Å². The predicted octanol–water partition coefficient (Wildman–Crippen LogP) is 12.8. The van der Waals surface area contributed by atoms with Crippen molar-refractivity contribution in [1.82, 2.24) is 39.0 Å². The first-order valence-electron chi connectivity index (χ1n) is 21.0. The Morgan fingerprint density at radius 1 is 0.344 bits per heavy atom. The highest BCUT2D eigenvalue weighted by Gasteiger charge is 2.33. The fourth-order valence-corrected chi connectivity index (χ4v) is 9.15. The molecule has 0 unspecified atom stereocenters. The van der Waals surface area contributed by atoms with Gasteiger partial charge in [0.25, 0.3) is 0 Å². The Bertz CT molecular complexity index is 3440. The first-order valence-corrected chi connectivity index (χ1v) is 21.0. The standard InChI is InChI=1S/C54H33N9O/c1-3-15-34(16-4-1)37-33-38(60-54(59-37)35-17-5-2-6-18-35)36-31-45(61-41-21-11-27-55-49(41)50-42(61)22-12-28-56-50)53(63-39-19-7-9-25-47(39)64-48-26-10-8-20-40(48)63)46(32-36)62-43-23-13-29-57-51(43)52-44(62)24-14-30-58-52/h1-33H. The van der Waals surface area contributed by atoms with Gasteiger partial charge in [0.1, 0.15) is 22.1 Å². The maximum atomic E-state index is 6.66. The number of pyridine rings is 4. The highest BCUT2D eigenvalue weighted by atomic mass is 16.5. The van der Waals surface area contributed by atoms with Crippen LogP contribution in [0.25, 0.3) is 89.4 Å². The molecule has 0 fully saturated rings. The molecule has 10 nitrogen and oxygen atoms in total. The zero-order valence-electron chi connectivity index (χ0n) is 34.0. The van der Waals surface area contributed by atoms with Crippen molar-refractivity contribution in [3.8, 4) is 56.8 Å². The molecule has 0 N–H and O–H groups in total. The minimum Gasteiger partial charge on any atom is -0.453 e. The minimum absolute atomic E-state index is 0.621. The molecule has 1 aliphatic heterocycles. The molecule has 12 aromatic rings. The lowest BCUT2D eigenvalue weighted by Gasteiger charge is -2.36. The summed E-state index contributed by atoms with van der Waals surface area (Å²) in [5.74, 6) is 2.08. The van der Waals surface area contributed by atoms with E-state index in [2.05, 4.69) is 105 Å². The van der Waals surface area contributed by atoms with Crippen molar-refractivity contribution < 1.29 is 4.74 Å². The van der Waals surface area contributed by atoms with E-state index in [1.54, 1.807) is 0 Å². The van der Waals surface area contributed by atoms with Crippen molar-refractivity contribution in [1.29, 1.82) is 0 Å². The molecule has 0 saturated carbocycles. The van der Waals surface area contributed by atoms with Crippen molar-refractivity contribution in [3.05, 3.63) is 201 Å². The summed E-state index contributed by atoms with van der Waals surface area (Å²) in [5.41, 5.74) is 15.5. The summed E-state index contributed by atoms with van der Waals surface area (Å²) < 4.78 is 11.2. The molecule has 13 rings (SSSR count). The quantitative estimate of drug-likeness (QED) is 0.163. The fraction of sp³-hybridized carbons (Fsp3) is 0. The highest BCUT2D eigenvalue weighted by Crippen LogP contribution is 2.55. The van der Waals surface area contributed by atoms with Crippen molar-refractivity contribution in [2.24, 2.45) is 0 Å². The van der Waals surface area contributed by atoms with Crippen LogP contribution >= 0.6 is 0 Å². The number of nitrogens with zero attached hydrogens (tertiary/aromatic N) is 9. The topological polar surface area (TPSA) is 99.7 Å². The highest BCUT2D eigenvalue weighted by molar-refractivity contribution is 6.09. The number of benzene rings is 5.